The summed E-state index contributed by atoms with van der Waals surface area (Å²) in [5, 5.41) is 11.8. The van der Waals surface area contributed by atoms with E-state index in [4.69, 9.17) is 0 Å². The van der Waals surface area contributed by atoms with Crippen molar-refractivity contribution in [2.75, 3.05) is 0 Å². The molecular formula is C17H16FNO. The molecule has 1 unspecified atom stereocenters. The molecule has 2 nitrogen and oxygen atoms in total. The van der Waals surface area contributed by atoms with Gasteiger partial charge in [-0.25, -0.2) is 4.39 Å². The van der Waals surface area contributed by atoms with E-state index in [0.717, 1.165) is 22.0 Å². The molecule has 3 heteroatoms. The minimum atomic E-state index is -0.983. The normalized spacial score (nSPS) is 14.3. The van der Waals surface area contributed by atoms with E-state index >= 15 is 0 Å². The summed E-state index contributed by atoms with van der Waals surface area (Å²) in [7, 11) is 0. The summed E-state index contributed by atoms with van der Waals surface area (Å²) in [4.78, 5) is 3.13. The van der Waals surface area contributed by atoms with E-state index in [1.54, 1.807) is 19.1 Å². The maximum Gasteiger partial charge on any atom is 0.123 e. The molecule has 1 aromatic heterocycles. The number of hydrogen-bond acceptors (Lipinski definition) is 1. The standard InChI is InChI=1S/C17H16FNO/c1-17(20,11-12-2-5-15(18)6-3-12)14-4-7-16-13(10-14)8-9-19-16/h2-10,19-20H,11H2,1H3. The second-order valence-corrected chi connectivity index (χ2v) is 5.36. The molecule has 0 aliphatic heterocycles. The highest BCUT2D eigenvalue weighted by atomic mass is 19.1. The first-order chi connectivity index (χ1) is 9.54. The minimum absolute atomic E-state index is 0.262. The van der Waals surface area contributed by atoms with Gasteiger partial charge in [-0.2, -0.15) is 0 Å². The third-order valence-electron chi connectivity index (χ3n) is 3.64. The molecule has 1 heterocycles. The lowest BCUT2D eigenvalue weighted by atomic mass is 9.88. The molecule has 0 aliphatic carbocycles. The molecule has 2 aromatic carbocycles. The number of H-pyrrole nitrogens is 1. The summed E-state index contributed by atoms with van der Waals surface area (Å²) in [5.74, 6) is -0.262. The summed E-state index contributed by atoms with van der Waals surface area (Å²) in [6, 6.07) is 14.1. The van der Waals surface area contributed by atoms with Crippen molar-refractivity contribution in [3.8, 4) is 0 Å². The topological polar surface area (TPSA) is 36.0 Å². The van der Waals surface area contributed by atoms with Crippen LogP contribution in [0.3, 0.4) is 0 Å². The Kier molecular flexibility index (Phi) is 3.07. The zero-order valence-corrected chi connectivity index (χ0v) is 11.2. The van der Waals surface area contributed by atoms with Crippen LogP contribution in [0.25, 0.3) is 10.9 Å². The van der Waals surface area contributed by atoms with Gasteiger partial charge in [-0.15, -0.1) is 0 Å². The Morgan fingerprint density at radius 3 is 2.60 bits per heavy atom. The van der Waals surface area contributed by atoms with Crippen LogP contribution in [0.4, 0.5) is 4.39 Å². The molecule has 1 atom stereocenters. The van der Waals surface area contributed by atoms with Crippen LogP contribution in [0.1, 0.15) is 18.1 Å². The molecule has 2 N–H and O–H groups in total. The average Bonchev–Trinajstić information content (AvgIpc) is 2.88. The highest BCUT2D eigenvalue weighted by Gasteiger charge is 2.23. The summed E-state index contributed by atoms with van der Waals surface area (Å²) < 4.78 is 12.9. The van der Waals surface area contributed by atoms with Crippen LogP contribution in [0.15, 0.2) is 54.7 Å². The largest absolute Gasteiger partial charge is 0.385 e. The second kappa shape index (κ2) is 4.76. The molecule has 0 bridgehead atoms. The Hall–Kier alpha value is -2.13. The summed E-state index contributed by atoms with van der Waals surface area (Å²) in [5.41, 5.74) is 1.83. The molecule has 0 aliphatic rings. The molecule has 20 heavy (non-hydrogen) atoms. The zero-order valence-electron chi connectivity index (χ0n) is 11.2. The van der Waals surface area contributed by atoms with Crippen molar-refractivity contribution in [1.82, 2.24) is 4.98 Å². The number of aliphatic hydroxyl groups is 1. The fourth-order valence-electron chi connectivity index (χ4n) is 2.49. The number of fused-ring (bicyclic) bond motifs is 1. The maximum atomic E-state index is 12.9. The Bertz CT molecular complexity index is 728. The van der Waals surface area contributed by atoms with E-state index in [-0.39, 0.29) is 5.82 Å². The van der Waals surface area contributed by atoms with Gasteiger partial charge in [0.25, 0.3) is 0 Å². The first kappa shape index (κ1) is 12.9. The lowest BCUT2D eigenvalue weighted by Crippen LogP contribution is -2.24. The van der Waals surface area contributed by atoms with Gasteiger partial charge in [-0.1, -0.05) is 18.2 Å². The number of aromatic nitrogens is 1. The second-order valence-electron chi connectivity index (χ2n) is 5.36. The van der Waals surface area contributed by atoms with Crippen LogP contribution < -0.4 is 0 Å². The molecule has 0 fully saturated rings. The molecule has 0 saturated heterocycles. The van der Waals surface area contributed by atoms with E-state index in [1.165, 1.54) is 12.1 Å². The van der Waals surface area contributed by atoms with Gasteiger partial charge >= 0.3 is 0 Å². The van der Waals surface area contributed by atoms with Crippen LogP contribution >= 0.6 is 0 Å². The van der Waals surface area contributed by atoms with Crippen LogP contribution in [-0.4, -0.2) is 10.1 Å². The molecule has 0 saturated carbocycles. The molecular weight excluding hydrogens is 253 g/mol. The SMILES string of the molecule is CC(O)(Cc1ccc(F)cc1)c1ccc2[nH]ccc2c1. The lowest BCUT2D eigenvalue weighted by Gasteiger charge is -2.24. The van der Waals surface area contributed by atoms with Gasteiger partial charge in [0, 0.05) is 18.1 Å². The maximum absolute atomic E-state index is 12.9. The van der Waals surface area contributed by atoms with Crippen LogP contribution in [0.2, 0.25) is 0 Å². The Labute approximate surface area is 116 Å². The predicted octanol–water partition coefficient (Wildman–Crippen LogP) is 3.76. The van der Waals surface area contributed by atoms with Gasteiger partial charge in [0.05, 0.1) is 5.60 Å². The highest BCUT2D eigenvalue weighted by Crippen LogP contribution is 2.28. The van der Waals surface area contributed by atoms with Gasteiger partial charge in [0.15, 0.2) is 0 Å². The van der Waals surface area contributed by atoms with Crippen molar-refractivity contribution in [1.29, 1.82) is 0 Å². The Morgan fingerprint density at radius 2 is 1.85 bits per heavy atom. The number of halogens is 1. The Balaban J connectivity index is 1.91. The average molecular weight is 269 g/mol. The van der Waals surface area contributed by atoms with Crippen molar-refractivity contribution >= 4 is 10.9 Å². The summed E-state index contributed by atoms with van der Waals surface area (Å²) >= 11 is 0. The predicted molar refractivity (Wildman–Crippen MR) is 78.0 cm³/mol. The lowest BCUT2D eigenvalue weighted by molar-refractivity contribution is 0.0577. The molecule has 102 valence electrons. The highest BCUT2D eigenvalue weighted by molar-refractivity contribution is 5.80. The number of hydrogen-bond donors (Lipinski definition) is 2. The smallest absolute Gasteiger partial charge is 0.123 e. The van der Waals surface area contributed by atoms with Gasteiger partial charge in [-0.3, -0.25) is 0 Å². The first-order valence-electron chi connectivity index (χ1n) is 6.59. The molecule has 0 radical (unpaired) electrons. The minimum Gasteiger partial charge on any atom is -0.385 e. The van der Waals surface area contributed by atoms with Gasteiger partial charge in [0.1, 0.15) is 5.82 Å². The van der Waals surface area contributed by atoms with E-state index in [1.807, 2.05) is 30.5 Å². The molecule has 0 amide bonds. The van der Waals surface area contributed by atoms with Crippen molar-refractivity contribution < 1.29 is 9.50 Å². The van der Waals surface area contributed by atoms with Crippen LogP contribution in [0.5, 0.6) is 0 Å². The van der Waals surface area contributed by atoms with Crippen molar-refractivity contribution in [2.45, 2.75) is 18.9 Å². The van der Waals surface area contributed by atoms with Crippen LogP contribution in [-0.2, 0) is 12.0 Å². The molecule has 0 spiro atoms. The number of benzene rings is 2. The van der Waals surface area contributed by atoms with Gasteiger partial charge in [-0.05, 0) is 53.8 Å². The quantitative estimate of drug-likeness (QED) is 0.746. The van der Waals surface area contributed by atoms with E-state index in [0.29, 0.717) is 6.42 Å². The number of rotatable bonds is 3. The van der Waals surface area contributed by atoms with Crippen molar-refractivity contribution in [3.05, 3.63) is 71.7 Å². The summed E-state index contributed by atoms with van der Waals surface area (Å²) in [6.07, 6.45) is 2.33. The molecule has 3 aromatic rings. The van der Waals surface area contributed by atoms with Gasteiger partial charge in [0.2, 0.25) is 0 Å². The summed E-state index contributed by atoms with van der Waals surface area (Å²) in [6.45, 7) is 1.78. The third kappa shape index (κ3) is 2.45. The van der Waals surface area contributed by atoms with Crippen molar-refractivity contribution in [2.24, 2.45) is 0 Å². The number of aromatic amines is 1. The van der Waals surface area contributed by atoms with E-state index in [2.05, 4.69) is 4.98 Å². The van der Waals surface area contributed by atoms with E-state index < -0.39 is 5.60 Å². The zero-order chi connectivity index (χ0) is 14.2. The monoisotopic (exact) mass is 269 g/mol. The van der Waals surface area contributed by atoms with Gasteiger partial charge < -0.3 is 10.1 Å². The third-order valence-corrected chi connectivity index (χ3v) is 3.64. The van der Waals surface area contributed by atoms with Crippen LogP contribution in [0, 0.1) is 5.82 Å². The fourth-order valence-corrected chi connectivity index (χ4v) is 2.49. The Morgan fingerprint density at radius 1 is 1.10 bits per heavy atom. The molecule has 3 rings (SSSR count). The van der Waals surface area contributed by atoms with Crippen molar-refractivity contribution in [3.63, 3.8) is 0 Å². The fraction of sp³-hybridized carbons (Fsp3) is 0.176. The van der Waals surface area contributed by atoms with E-state index in [9.17, 15) is 9.50 Å². The number of nitrogens with one attached hydrogen (secondary N) is 1. The first-order valence-corrected chi connectivity index (χ1v) is 6.59.